The van der Waals surface area contributed by atoms with Crippen molar-refractivity contribution in [3.05, 3.63) is 29.6 Å². The summed E-state index contributed by atoms with van der Waals surface area (Å²) >= 11 is 0. The van der Waals surface area contributed by atoms with Crippen LogP contribution in [0, 0.1) is 17.1 Å². The SMILES string of the molecule is CCC(N)C(=O)Nc1ccc(F)c(C#N)c1. The Bertz CT molecular complexity index is 439. The lowest BCUT2D eigenvalue weighted by Gasteiger charge is -2.10. The highest BCUT2D eigenvalue weighted by molar-refractivity contribution is 5.94. The van der Waals surface area contributed by atoms with E-state index in [9.17, 15) is 9.18 Å². The minimum absolute atomic E-state index is 0.108. The fourth-order valence-electron chi connectivity index (χ4n) is 1.11. The van der Waals surface area contributed by atoms with Gasteiger partial charge in [0.15, 0.2) is 0 Å². The predicted molar refractivity (Wildman–Crippen MR) is 58.0 cm³/mol. The lowest BCUT2D eigenvalue weighted by atomic mass is 10.2. The van der Waals surface area contributed by atoms with Gasteiger partial charge in [-0.1, -0.05) is 6.92 Å². The largest absolute Gasteiger partial charge is 0.325 e. The number of halogens is 1. The quantitative estimate of drug-likeness (QED) is 0.809. The van der Waals surface area contributed by atoms with Gasteiger partial charge in [0, 0.05) is 5.69 Å². The Kier molecular flexibility index (Phi) is 3.97. The molecule has 0 heterocycles. The van der Waals surface area contributed by atoms with Crippen LogP contribution in [0.5, 0.6) is 0 Å². The summed E-state index contributed by atoms with van der Waals surface area (Å²) in [4.78, 5) is 11.4. The molecule has 0 saturated carbocycles. The summed E-state index contributed by atoms with van der Waals surface area (Å²) in [5.41, 5.74) is 5.77. The summed E-state index contributed by atoms with van der Waals surface area (Å²) in [7, 11) is 0. The molecule has 16 heavy (non-hydrogen) atoms. The van der Waals surface area contributed by atoms with E-state index in [2.05, 4.69) is 5.32 Å². The van der Waals surface area contributed by atoms with Gasteiger partial charge in [0.05, 0.1) is 11.6 Å². The number of anilines is 1. The Labute approximate surface area is 92.9 Å². The van der Waals surface area contributed by atoms with E-state index in [0.29, 0.717) is 12.1 Å². The second-order valence-corrected chi connectivity index (χ2v) is 3.31. The molecule has 0 radical (unpaired) electrons. The molecule has 4 nitrogen and oxygen atoms in total. The lowest BCUT2D eigenvalue weighted by Crippen LogP contribution is -2.34. The molecule has 1 atom stereocenters. The molecule has 5 heteroatoms. The van der Waals surface area contributed by atoms with Gasteiger partial charge < -0.3 is 11.1 Å². The zero-order valence-corrected chi connectivity index (χ0v) is 8.83. The van der Waals surface area contributed by atoms with Crippen LogP contribution in [0.25, 0.3) is 0 Å². The molecule has 0 spiro atoms. The molecule has 0 aliphatic rings. The number of rotatable bonds is 3. The molecule has 0 fully saturated rings. The van der Waals surface area contributed by atoms with Crippen molar-refractivity contribution in [1.82, 2.24) is 0 Å². The average Bonchev–Trinajstić information content (AvgIpc) is 2.30. The molecule has 0 aliphatic heterocycles. The van der Waals surface area contributed by atoms with E-state index < -0.39 is 11.9 Å². The Balaban J connectivity index is 2.83. The van der Waals surface area contributed by atoms with Gasteiger partial charge in [0.2, 0.25) is 5.91 Å². The number of nitrogens with one attached hydrogen (secondary N) is 1. The number of carbonyl (C=O) groups is 1. The highest BCUT2D eigenvalue weighted by Gasteiger charge is 2.11. The third-order valence-corrected chi connectivity index (χ3v) is 2.13. The Morgan fingerprint density at radius 3 is 2.94 bits per heavy atom. The van der Waals surface area contributed by atoms with Crippen molar-refractivity contribution >= 4 is 11.6 Å². The maximum atomic E-state index is 13.0. The van der Waals surface area contributed by atoms with Crippen molar-refractivity contribution in [1.29, 1.82) is 5.26 Å². The number of benzene rings is 1. The van der Waals surface area contributed by atoms with Crippen molar-refractivity contribution < 1.29 is 9.18 Å². The van der Waals surface area contributed by atoms with Crippen molar-refractivity contribution in [2.24, 2.45) is 5.73 Å². The minimum atomic E-state index is -0.611. The molecule has 1 rings (SSSR count). The normalized spacial score (nSPS) is 11.6. The first kappa shape index (κ1) is 12.1. The molecule has 1 aromatic carbocycles. The second kappa shape index (κ2) is 5.24. The monoisotopic (exact) mass is 221 g/mol. The summed E-state index contributed by atoms with van der Waals surface area (Å²) in [5.74, 6) is -0.960. The predicted octanol–water partition coefficient (Wildman–Crippen LogP) is 1.37. The van der Waals surface area contributed by atoms with Crippen LogP contribution in [0.2, 0.25) is 0 Å². The molecular weight excluding hydrogens is 209 g/mol. The molecule has 84 valence electrons. The van der Waals surface area contributed by atoms with Gasteiger partial charge >= 0.3 is 0 Å². The standard InChI is InChI=1S/C11H12FN3O/c1-2-10(14)11(16)15-8-3-4-9(12)7(5-8)6-13/h3-5,10H,2,14H2,1H3,(H,15,16). The van der Waals surface area contributed by atoms with E-state index >= 15 is 0 Å². The first-order valence-electron chi connectivity index (χ1n) is 4.84. The molecule has 1 unspecified atom stereocenters. The van der Waals surface area contributed by atoms with Crippen molar-refractivity contribution in [2.45, 2.75) is 19.4 Å². The molecule has 1 aromatic rings. The lowest BCUT2D eigenvalue weighted by molar-refractivity contribution is -0.117. The zero-order valence-electron chi connectivity index (χ0n) is 8.83. The van der Waals surface area contributed by atoms with Gasteiger partial charge in [-0.05, 0) is 24.6 Å². The Hall–Kier alpha value is -1.93. The van der Waals surface area contributed by atoms with Gasteiger partial charge in [-0.25, -0.2) is 4.39 Å². The fraction of sp³-hybridized carbons (Fsp3) is 0.273. The van der Waals surface area contributed by atoms with Crippen LogP contribution in [0.15, 0.2) is 18.2 Å². The summed E-state index contributed by atoms with van der Waals surface area (Å²) in [6.07, 6.45) is 0.512. The summed E-state index contributed by atoms with van der Waals surface area (Å²) in [5, 5.41) is 11.1. The molecule has 0 saturated heterocycles. The third-order valence-electron chi connectivity index (χ3n) is 2.13. The van der Waals surface area contributed by atoms with Crippen molar-refractivity contribution in [3.8, 4) is 6.07 Å². The van der Waals surface area contributed by atoms with Crippen LogP contribution in [-0.4, -0.2) is 11.9 Å². The van der Waals surface area contributed by atoms with Gasteiger partial charge in [-0.3, -0.25) is 4.79 Å². The van der Waals surface area contributed by atoms with Crippen LogP contribution in [-0.2, 0) is 4.79 Å². The van der Waals surface area contributed by atoms with Crippen LogP contribution >= 0.6 is 0 Å². The zero-order chi connectivity index (χ0) is 12.1. The van der Waals surface area contributed by atoms with Gasteiger partial charge in [-0.2, -0.15) is 5.26 Å². The maximum Gasteiger partial charge on any atom is 0.241 e. The highest BCUT2D eigenvalue weighted by atomic mass is 19.1. The molecule has 0 aliphatic carbocycles. The third kappa shape index (κ3) is 2.78. The number of nitriles is 1. The average molecular weight is 221 g/mol. The first-order chi connectivity index (χ1) is 7.58. The summed E-state index contributed by atoms with van der Waals surface area (Å²) in [6, 6.07) is 4.88. The van der Waals surface area contributed by atoms with E-state index in [4.69, 9.17) is 11.0 Å². The Morgan fingerprint density at radius 2 is 2.38 bits per heavy atom. The molecule has 3 N–H and O–H groups in total. The topological polar surface area (TPSA) is 78.9 Å². The van der Waals surface area contributed by atoms with Gasteiger partial charge in [-0.15, -0.1) is 0 Å². The first-order valence-corrected chi connectivity index (χ1v) is 4.84. The maximum absolute atomic E-state index is 13.0. The summed E-state index contributed by atoms with van der Waals surface area (Å²) < 4.78 is 13.0. The van der Waals surface area contributed by atoms with E-state index in [1.807, 2.05) is 0 Å². The summed E-state index contributed by atoms with van der Waals surface area (Å²) in [6.45, 7) is 1.79. The van der Waals surface area contributed by atoms with E-state index in [1.54, 1.807) is 13.0 Å². The number of nitrogens with two attached hydrogens (primary N) is 1. The number of hydrogen-bond acceptors (Lipinski definition) is 3. The second-order valence-electron chi connectivity index (χ2n) is 3.31. The number of carbonyl (C=O) groups excluding carboxylic acids is 1. The Morgan fingerprint density at radius 1 is 1.69 bits per heavy atom. The van der Waals surface area contributed by atoms with E-state index in [-0.39, 0.29) is 11.5 Å². The van der Waals surface area contributed by atoms with E-state index in [0.717, 1.165) is 6.07 Å². The van der Waals surface area contributed by atoms with Gasteiger partial charge in [0.25, 0.3) is 0 Å². The van der Waals surface area contributed by atoms with Crippen LogP contribution in [0.3, 0.4) is 0 Å². The van der Waals surface area contributed by atoms with Gasteiger partial charge in [0.1, 0.15) is 11.9 Å². The molecule has 0 bridgehead atoms. The number of hydrogen-bond donors (Lipinski definition) is 2. The van der Waals surface area contributed by atoms with Crippen LogP contribution in [0.4, 0.5) is 10.1 Å². The highest BCUT2D eigenvalue weighted by Crippen LogP contribution is 2.14. The van der Waals surface area contributed by atoms with Crippen LogP contribution < -0.4 is 11.1 Å². The molecule has 0 aromatic heterocycles. The molecule has 1 amide bonds. The van der Waals surface area contributed by atoms with E-state index in [1.165, 1.54) is 12.1 Å². The van der Waals surface area contributed by atoms with Crippen molar-refractivity contribution in [2.75, 3.05) is 5.32 Å². The number of amides is 1. The van der Waals surface area contributed by atoms with Crippen LogP contribution in [0.1, 0.15) is 18.9 Å². The fourth-order valence-corrected chi connectivity index (χ4v) is 1.11. The number of nitrogens with zero attached hydrogens (tertiary/aromatic N) is 1. The van der Waals surface area contributed by atoms with Crippen molar-refractivity contribution in [3.63, 3.8) is 0 Å². The minimum Gasteiger partial charge on any atom is -0.325 e. The molecular formula is C11H12FN3O. The smallest absolute Gasteiger partial charge is 0.241 e.